The smallest absolute Gasteiger partial charge is 0.407 e. The zero-order valence-corrected chi connectivity index (χ0v) is 18.2. The monoisotopic (exact) mass is 471 g/mol. The van der Waals surface area contributed by atoms with Crippen LogP contribution >= 0.6 is 15.9 Å². The SMILES string of the molecule is CC(C)(C)OC(=O)N[C@H]1CCN(S(=O)(=O)c2c[nH]c(=O)c3ccc(Br)cc23)C1. The van der Waals surface area contributed by atoms with Crippen LogP contribution in [-0.2, 0) is 14.8 Å². The number of aromatic amines is 1. The fourth-order valence-electron chi connectivity index (χ4n) is 3.10. The number of aromatic nitrogens is 1. The van der Waals surface area contributed by atoms with Crippen LogP contribution in [-0.4, -0.2) is 48.5 Å². The van der Waals surface area contributed by atoms with Gasteiger partial charge in [-0.2, -0.15) is 4.31 Å². The van der Waals surface area contributed by atoms with E-state index in [0.29, 0.717) is 21.7 Å². The van der Waals surface area contributed by atoms with Crippen LogP contribution in [0.2, 0.25) is 0 Å². The molecule has 1 amide bonds. The lowest BCUT2D eigenvalue weighted by atomic mass is 10.2. The van der Waals surface area contributed by atoms with Crippen LogP contribution in [0.5, 0.6) is 0 Å². The van der Waals surface area contributed by atoms with Crippen molar-refractivity contribution in [2.24, 2.45) is 0 Å². The molecule has 0 unspecified atom stereocenters. The highest BCUT2D eigenvalue weighted by molar-refractivity contribution is 9.10. The van der Waals surface area contributed by atoms with Crippen molar-refractivity contribution in [3.63, 3.8) is 0 Å². The predicted octanol–water partition coefficient (Wildman–Crippen LogP) is 2.58. The quantitative estimate of drug-likeness (QED) is 0.714. The molecule has 1 aromatic carbocycles. The zero-order chi connectivity index (χ0) is 20.7. The van der Waals surface area contributed by atoms with Gasteiger partial charge in [-0.3, -0.25) is 4.79 Å². The van der Waals surface area contributed by atoms with Gasteiger partial charge in [0.15, 0.2) is 0 Å². The topological polar surface area (TPSA) is 109 Å². The minimum absolute atomic E-state index is 0.0290. The average Bonchev–Trinajstić information content (AvgIpc) is 3.02. The Morgan fingerprint density at radius 2 is 2.04 bits per heavy atom. The largest absolute Gasteiger partial charge is 0.444 e. The first-order valence-electron chi connectivity index (χ1n) is 8.78. The summed E-state index contributed by atoms with van der Waals surface area (Å²) in [5, 5.41) is 3.36. The van der Waals surface area contributed by atoms with Gasteiger partial charge in [0.1, 0.15) is 10.5 Å². The van der Waals surface area contributed by atoms with Crippen molar-refractivity contribution in [2.75, 3.05) is 13.1 Å². The number of H-pyrrole nitrogens is 1. The molecule has 0 aliphatic carbocycles. The summed E-state index contributed by atoms with van der Waals surface area (Å²) in [5.41, 5.74) is -0.983. The third-order valence-electron chi connectivity index (χ3n) is 4.32. The van der Waals surface area contributed by atoms with E-state index in [4.69, 9.17) is 4.74 Å². The van der Waals surface area contributed by atoms with Crippen LogP contribution in [0.4, 0.5) is 4.79 Å². The highest BCUT2D eigenvalue weighted by atomic mass is 79.9. The molecular weight excluding hydrogens is 450 g/mol. The number of rotatable bonds is 3. The first kappa shape index (κ1) is 20.8. The molecule has 0 spiro atoms. The number of sulfonamides is 1. The predicted molar refractivity (Wildman–Crippen MR) is 109 cm³/mol. The number of halogens is 1. The lowest BCUT2D eigenvalue weighted by Crippen LogP contribution is -2.41. The molecule has 1 fully saturated rings. The Labute approximate surface area is 171 Å². The first-order valence-corrected chi connectivity index (χ1v) is 11.0. The van der Waals surface area contributed by atoms with Crippen molar-refractivity contribution in [3.05, 3.63) is 39.2 Å². The molecule has 152 valence electrons. The minimum atomic E-state index is -3.85. The van der Waals surface area contributed by atoms with Crippen LogP contribution in [0, 0.1) is 0 Å². The molecule has 3 rings (SSSR count). The van der Waals surface area contributed by atoms with Crippen molar-refractivity contribution < 1.29 is 17.9 Å². The highest BCUT2D eigenvalue weighted by Crippen LogP contribution is 2.28. The van der Waals surface area contributed by atoms with Crippen LogP contribution in [0.1, 0.15) is 27.2 Å². The van der Waals surface area contributed by atoms with Crippen LogP contribution in [0.25, 0.3) is 10.8 Å². The molecule has 1 aromatic heterocycles. The van der Waals surface area contributed by atoms with Gasteiger partial charge < -0.3 is 15.0 Å². The molecule has 1 saturated heterocycles. The summed E-state index contributed by atoms with van der Waals surface area (Å²) in [5.74, 6) is 0. The summed E-state index contributed by atoms with van der Waals surface area (Å²) < 4.78 is 33.6. The molecule has 28 heavy (non-hydrogen) atoms. The average molecular weight is 472 g/mol. The van der Waals surface area contributed by atoms with Crippen LogP contribution in [0.15, 0.2) is 38.6 Å². The Hall–Kier alpha value is -1.91. The van der Waals surface area contributed by atoms with Crippen LogP contribution < -0.4 is 10.9 Å². The van der Waals surface area contributed by atoms with E-state index >= 15 is 0 Å². The van der Waals surface area contributed by atoms with E-state index in [1.54, 1.807) is 39.0 Å². The van der Waals surface area contributed by atoms with Crippen molar-refractivity contribution in [2.45, 2.75) is 43.7 Å². The maximum atomic E-state index is 13.2. The number of fused-ring (bicyclic) bond motifs is 1. The molecule has 10 heteroatoms. The number of nitrogens with zero attached hydrogens (tertiary/aromatic N) is 1. The van der Waals surface area contributed by atoms with Gasteiger partial charge >= 0.3 is 6.09 Å². The molecule has 1 aliphatic heterocycles. The second kappa shape index (κ2) is 7.49. The molecule has 2 heterocycles. The zero-order valence-electron chi connectivity index (χ0n) is 15.8. The molecular formula is C18H22BrN3O5S. The number of carbonyl (C=O) groups excluding carboxylic acids is 1. The summed E-state index contributed by atoms with van der Waals surface area (Å²) in [6.45, 7) is 5.68. The summed E-state index contributed by atoms with van der Waals surface area (Å²) in [4.78, 5) is 26.5. The number of hydrogen-bond donors (Lipinski definition) is 2. The third-order valence-corrected chi connectivity index (χ3v) is 6.71. The van der Waals surface area contributed by atoms with E-state index in [9.17, 15) is 18.0 Å². The maximum Gasteiger partial charge on any atom is 0.407 e. The van der Waals surface area contributed by atoms with Gasteiger partial charge in [0.25, 0.3) is 5.56 Å². The second-order valence-electron chi connectivity index (χ2n) is 7.67. The second-order valence-corrected chi connectivity index (χ2v) is 10.5. The van der Waals surface area contributed by atoms with E-state index in [0.717, 1.165) is 0 Å². The Morgan fingerprint density at radius 1 is 1.32 bits per heavy atom. The first-order chi connectivity index (χ1) is 13.0. The normalized spacial score (nSPS) is 18.4. The number of carbonyl (C=O) groups is 1. The van der Waals surface area contributed by atoms with Gasteiger partial charge in [-0.25, -0.2) is 13.2 Å². The molecule has 0 saturated carbocycles. The Balaban J connectivity index is 1.84. The Kier molecular flexibility index (Phi) is 5.57. The molecule has 1 aliphatic rings. The van der Waals surface area contributed by atoms with Crippen molar-refractivity contribution >= 4 is 42.8 Å². The Bertz CT molecular complexity index is 1070. The highest BCUT2D eigenvalue weighted by Gasteiger charge is 2.35. The van der Waals surface area contributed by atoms with E-state index in [-0.39, 0.29) is 29.6 Å². The fraction of sp³-hybridized carbons (Fsp3) is 0.444. The van der Waals surface area contributed by atoms with Gasteiger partial charge in [0, 0.05) is 40.6 Å². The maximum absolute atomic E-state index is 13.2. The number of ether oxygens (including phenoxy) is 1. The van der Waals surface area contributed by atoms with E-state index < -0.39 is 21.7 Å². The van der Waals surface area contributed by atoms with Gasteiger partial charge in [0.05, 0.1) is 0 Å². The molecule has 1 atom stereocenters. The fourth-order valence-corrected chi connectivity index (χ4v) is 5.11. The molecule has 0 bridgehead atoms. The lowest BCUT2D eigenvalue weighted by Gasteiger charge is -2.22. The number of hydrogen-bond acceptors (Lipinski definition) is 5. The number of alkyl carbamates (subject to hydrolysis) is 1. The van der Waals surface area contributed by atoms with E-state index in [2.05, 4.69) is 26.2 Å². The number of benzene rings is 1. The Morgan fingerprint density at radius 3 is 2.71 bits per heavy atom. The van der Waals surface area contributed by atoms with Crippen molar-refractivity contribution in [1.82, 2.24) is 14.6 Å². The molecule has 2 N–H and O–H groups in total. The van der Waals surface area contributed by atoms with Gasteiger partial charge in [-0.15, -0.1) is 0 Å². The summed E-state index contributed by atoms with van der Waals surface area (Å²) in [6, 6.07) is 4.54. The van der Waals surface area contributed by atoms with Gasteiger partial charge in [0.2, 0.25) is 10.0 Å². The summed E-state index contributed by atoms with van der Waals surface area (Å²) in [6.07, 6.45) is 1.13. The van der Waals surface area contributed by atoms with E-state index in [1.165, 1.54) is 10.5 Å². The van der Waals surface area contributed by atoms with Crippen LogP contribution in [0.3, 0.4) is 0 Å². The van der Waals surface area contributed by atoms with E-state index in [1.807, 2.05) is 0 Å². The summed E-state index contributed by atoms with van der Waals surface area (Å²) >= 11 is 3.32. The number of pyridine rings is 1. The summed E-state index contributed by atoms with van der Waals surface area (Å²) in [7, 11) is -3.85. The van der Waals surface area contributed by atoms with Crippen molar-refractivity contribution in [1.29, 1.82) is 0 Å². The number of amides is 1. The van der Waals surface area contributed by atoms with Gasteiger partial charge in [-0.05, 0) is 45.4 Å². The molecule has 8 nitrogen and oxygen atoms in total. The number of nitrogens with one attached hydrogen (secondary N) is 2. The molecule has 2 aromatic rings. The standard InChI is InChI=1S/C18H22BrN3O5S/c1-18(2,3)27-17(24)21-12-6-7-22(10-12)28(25,26)15-9-20-16(23)13-5-4-11(19)8-14(13)15/h4-5,8-9,12H,6-7,10H2,1-3H3,(H,20,23)(H,21,24)/t12-/m0/s1. The molecule has 0 radical (unpaired) electrons. The minimum Gasteiger partial charge on any atom is -0.444 e. The van der Waals surface area contributed by atoms with Gasteiger partial charge in [-0.1, -0.05) is 15.9 Å². The van der Waals surface area contributed by atoms with Crippen molar-refractivity contribution in [3.8, 4) is 0 Å². The lowest BCUT2D eigenvalue weighted by molar-refractivity contribution is 0.0507. The third kappa shape index (κ3) is 4.39.